The van der Waals surface area contributed by atoms with Crippen LogP contribution in [-0.2, 0) is 19.4 Å². The van der Waals surface area contributed by atoms with E-state index in [1.54, 1.807) is 0 Å². The maximum atomic E-state index is 6.68. The van der Waals surface area contributed by atoms with Crippen molar-refractivity contribution in [3.05, 3.63) is 119 Å². The molecule has 216 valence electrons. The first-order valence-electron chi connectivity index (χ1n) is 14.6. The van der Waals surface area contributed by atoms with Gasteiger partial charge < -0.3 is 18.9 Å². The van der Waals surface area contributed by atoms with Gasteiger partial charge in [0, 0.05) is 15.8 Å². The van der Waals surface area contributed by atoms with Crippen LogP contribution in [0.4, 0.5) is 0 Å². The van der Waals surface area contributed by atoms with E-state index >= 15 is 0 Å². The molecule has 0 bridgehead atoms. The molecule has 0 spiro atoms. The van der Waals surface area contributed by atoms with Crippen molar-refractivity contribution in [1.82, 2.24) is 0 Å². The normalized spacial score (nSPS) is 11.7. The van der Waals surface area contributed by atoms with Gasteiger partial charge in [0.15, 0.2) is 11.5 Å². The van der Waals surface area contributed by atoms with Gasteiger partial charge in [-0.05, 0) is 85.3 Å². The molecule has 5 rings (SSSR count). The van der Waals surface area contributed by atoms with E-state index < -0.39 is 0 Å². The second-order valence-electron chi connectivity index (χ2n) is 10.3. The third kappa shape index (κ3) is 6.83. The fraction of sp³-hybridized carbons (Fsp3) is 0.243. The van der Waals surface area contributed by atoms with Crippen LogP contribution < -0.4 is 18.9 Å². The number of hydrogen-bond donors (Lipinski definition) is 0. The van der Waals surface area contributed by atoms with Crippen LogP contribution in [-0.4, -0.2) is 6.10 Å². The number of aryl methyl sites for hydroxylation is 2. The van der Waals surface area contributed by atoms with Crippen molar-refractivity contribution in [1.29, 1.82) is 0 Å². The summed E-state index contributed by atoms with van der Waals surface area (Å²) in [5, 5.41) is 2.20. The standard InChI is InChI=1S/C37H37ClO4/c1-5-25(4)40-35-33-23-29(38)17-22-32(33)34(39-24-28-11-9-8-10-12-28)36(41-30-18-13-26(6-2)14-19-30)37(35)42-31-20-15-27(7-3)16-21-31/h8-23,25H,5-7,24H2,1-4H3. The second-order valence-corrected chi connectivity index (χ2v) is 10.8. The van der Waals surface area contributed by atoms with E-state index in [2.05, 4.69) is 45.0 Å². The van der Waals surface area contributed by atoms with E-state index in [0.717, 1.165) is 35.6 Å². The molecule has 0 fully saturated rings. The van der Waals surface area contributed by atoms with Gasteiger partial charge in [-0.2, -0.15) is 0 Å². The van der Waals surface area contributed by atoms with Crippen LogP contribution in [0.15, 0.2) is 97.1 Å². The molecule has 0 radical (unpaired) electrons. The van der Waals surface area contributed by atoms with Crippen LogP contribution in [0.5, 0.6) is 34.5 Å². The molecule has 5 aromatic rings. The van der Waals surface area contributed by atoms with Crippen LogP contribution in [0.1, 0.15) is 50.8 Å². The number of rotatable bonds is 12. The molecule has 0 amide bonds. The summed E-state index contributed by atoms with van der Waals surface area (Å²) in [6.07, 6.45) is 2.62. The highest BCUT2D eigenvalue weighted by Crippen LogP contribution is 2.54. The molecule has 4 nitrogen and oxygen atoms in total. The lowest BCUT2D eigenvalue weighted by molar-refractivity contribution is 0.210. The van der Waals surface area contributed by atoms with Crippen molar-refractivity contribution in [3.63, 3.8) is 0 Å². The number of hydrogen-bond acceptors (Lipinski definition) is 4. The van der Waals surface area contributed by atoms with Crippen LogP contribution in [0, 0.1) is 0 Å². The minimum atomic E-state index is -0.0789. The Morgan fingerprint density at radius 1 is 0.595 bits per heavy atom. The van der Waals surface area contributed by atoms with E-state index in [9.17, 15) is 0 Å². The van der Waals surface area contributed by atoms with Crippen LogP contribution in [0.3, 0.4) is 0 Å². The summed E-state index contributed by atoms with van der Waals surface area (Å²) in [5.41, 5.74) is 3.49. The molecule has 0 aliphatic heterocycles. The highest BCUT2D eigenvalue weighted by Gasteiger charge is 2.27. The minimum absolute atomic E-state index is 0.0789. The van der Waals surface area contributed by atoms with Gasteiger partial charge in [0.05, 0.1) is 6.10 Å². The maximum absolute atomic E-state index is 6.68. The van der Waals surface area contributed by atoms with Gasteiger partial charge >= 0.3 is 0 Å². The van der Waals surface area contributed by atoms with Gasteiger partial charge in [-0.3, -0.25) is 0 Å². The SMILES string of the molecule is CCc1ccc(Oc2c(Oc3ccc(CC)cc3)c(OC(C)CC)c3cc(Cl)ccc3c2OCc2ccccc2)cc1. The molecule has 0 heterocycles. The van der Waals surface area contributed by atoms with Crippen LogP contribution >= 0.6 is 11.6 Å². The van der Waals surface area contributed by atoms with Crippen molar-refractivity contribution in [2.24, 2.45) is 0 Å². The van der Waals surface area contributed by atoms with E-state index in [-0.39, 0.29) is 6.10 Å². The fourth-order valence-electron chi connectivity index (χ4n) is 4.64. The summed E-state index contributed by atoms with van der Waals surface area (Å²) in [6, 6.07) is 31.9. The van der Waals surface area contributed by atoms with Gasteiger partial charge in [-0.15, -0.1) is 0 Å². The molecule has 0 saturated heterocycles. The average molecular weight is 581 g/mol. The topological polar surface area (TPSA) is 36.9 Å². The zero-order chi connectivity index (χ0) is 29.5. The van der Waals surface area contributed by atoms with E-state index in [1.807, 2.05) is 79.7 Å². The molecule has 0 aromatic heterocycles. The molecule has 42 heavy (non-hydrogen) atoms. The molecule has 0 saturated carbocycles. The molecule has 0 N–H and O–H groups in total. The fourth-order valence-corrected chi connectivity index (χ4v) is 4.81. The number of ether oxygens (including phenoxy) is 4. The highest BCUT2D eigenvalue weighted by molar-refractivity contribution is 6.31. The zero-order valence-electron chi connectivity index (χ0n) is 24.7. The lowest BCUT2D eigenvalue weighted by atomic mass is 10.1. The monoisotopic (exact) mass is 580 g/mol. The van der Waals surface area contributed by atoms with Crippen LogP contribution in [0.25, 0.3) is 10.8 Å². The van der Waals surface area contributed by atoms with Crippen molar-refractivity contribution in [2.75, 3.05) is 0 Å². The molecular formula is C37H37ClO4. The lowest BCUT2D eigenvalue weighted by Crippen LogP contribution is -2.12. The van der Waals surface area contributed by atoms with E-state index in [1.165, 1.54) is 11.1 Å². The van der Waals surface area contributed by atoms with E-state index in [4.69, 9.17) is 30.5 Å². The lowest BCUT2D eigenvalue weighted by Gasteiger charge is -2.24. The molecular weight excluding hydrogens is 544 g/mol. The third-order valence-corrected chi connectivity index (χ3v) is 7.55. The van der Waals surface area contributed by atoms with Gasteiger partial charge in [0.2, 0.25) is 11.5 Å². The van der Waals surface area contributed by atoms with Gasteiger partial charge in [0.1, 0.15) is 18.1 Å². The van der Waals surface area contributed by atoms with Crippen molar-refractivity contribution in [2.45, 2.75) is 59.7 Å². The Bertz CT molecular complexity index is 1610. The third-order valence-electron chi connectivity index (χ3n) is 7.31. The second kappa shape index (κ2) is 13.7. The Labute approximate surface area is 253 Å². The average Bonchev–Trinajstić information content (AvgIpc) is 3.03. The first-order chi connectivity index (χ1) is 20.5. The molecule has 5 aromatic carbocycles. The molecule has 1 atom stereocenters. The van der Waals surface area contributed by atoms with Gasteiger partial charge in [0.25, 0.3) is 0 Å². The highest BCUT2D eigenvalue weighted by atomic mass is 35.5. The Morgan fingerprint density at radius 3 is 1.71 bits per heavy atom. The quantitative estimate of drug-likeness (QED) is 0.147. The predicted molar refractivity (Wildman–Crippen MR) is 172 cm³/mol. The Kier molecular flexibility index (Phi) is 9.55. The Balaban J connectivity index is 1.74. The van der Waals surface area contributed by atoms with Crippen molar-refractivity contribution < 1.29 is 18.9 Å². The summed E-state index contributed by atoms with van der Waals surface area (Å²) >= 11 is 6.56. The largest absolute Gasteiger partial charge is 0.486 e. The van der Waals surface area contributed by atoms with Gasteiger partial charge in [-0.25, -0.2) is 0 Å². The Hall–Kier alpha value is -4.15. The molecule has 1 unspecified atom stereocenters. The Morgan fingerprint density at radius 2 is 1.17 bits per heavy atom. The minimum Gasteiger partial charge on any atom is -0.486 e. The maximum Gasteiger partial charge on any atom is 0.216 e. The van der Waals surface area contributed by atoms with Crippen molar-refractivity contribution >= 4 is 22.4 Å². The predicted octanol–water partition coefficient (Wildman–Crippen LogP) is 11.0. The summed E-state index contributed by atoms with van der Waals surface area (Å²) in [4.78, 5) is 0. The van der Waals surface area contributed by atoms with Gasteiger partial charge in [-0.1, -0.05) is 87.0 Å². The van der Waals surface area contributed by atoms with Crippen LogP contribution in [0.2, 0.25) is 5.02 Å². The number of halogens is 1. The first kappa shape index (κ1) is 29.3. The van der Waals surface area contributed by atoms with E-state index in [0.29, 0.717) is 46.1 Å². The number of benzene rings is 5. The summed E-state index contributed by atoms with van der Waals surface area (Å²) in [6.45, 7) is 8.75. The summed E-state index contributed by atoms with van der Waals surface area (Å²) in [5.74, 6) is 3.35. The first-order valence-corrected chi connectivity index (χ1v) is 15.0. The van der Waals surface area contributed by atoms with Crippen molar-refractivity contribution in [3.8, 4) is 34.5 Å². The smallest absolute Gasteiger partial charge is 0.216 e. The molecule has 0 aliphatic carbocycles. The summed E-state index contributed by atoms with van der Waals surface area (Å²) < 4.78 is 26.5. The molecule has 0 aliphatic rings. The zero-order valence-corrected chi connectivity index (χ0v) is 25.4. The summed E-state index contributed by atoms with van der Waals surface area (Å²) in [7, 11) is 0. The molecule has 5 heteroatoms. The number of fused-ring (bicyclic) bond motifs is 1.